The lowest BCUT2D eigenvalue weighted by molar-refractivity contribution is 0.397. The summed E-state index contributed by atoms with van der Waals surface area (Å²) in [5.74, 6) is 1.47. The van der Waals surface area contributed by atoms with Crippen molar-refractivity contribution in [3.8, 4) is 5.75 Å². The Kier molecular flexibility index (Phi) is 3.14. The molecule has 4 nitrogen and oxygen atoms in total. The van der Waals surface area contributed by atoms with E-state index in [0.29, 0.717) is 17.1 Å². The molecule has 0 radical (unpaired) electrons. The number of aromatic nitrogens is 1. The minimum atomic E-state index is 0.578. The molecular weight excluding hydrogens is 216 g/mol. The van der Waals surface area contributed by atoms with Gasteiger partial charge in [0.15, 0.2) is 5.76 Å². The van der Waals surface area contributed by atoms with Crippen LogP contribution in [0, 0.1) is 6.92 Å². The molecule has 2 N–H and O–H groups in total. The standard InChI is InChI=1S/C13H14N2O2/c1-9-13(14)12(15-17-9)8-5-10-3-6-11(16-2)7-4-10/h3-8H,14H2,1-2H3. The number of hydrogen-bond acceptors (Lipinski definition) is 4. The second-order valence-electron chi connectivity index (χ2n) is 3.64. The molecule has 0 unspecified atom stereocenters. The molecule has 17 heavy (non-hydrogen) atoms. The second-order valence-corrected chi connectivity index (χ2v) is 3.64. The summed E-state index contributed by atoms with van der Waals surface area (Å²) in [5.41, 5.74) is 8.06. The third-order valence-electron chi connectivity index (χ3n) is 2.49. The second kappa shape index (κ2) is 4.74. The molecule has 1 aromatic heterocycles. The van der Waals surface area contributed by atoms with Gasteiger partial charge in [0, 0.05) is 0 Å². The van der Waals surface area contributed by atoms with Gasteiger partial charge < -0.3 is 15.0 Å². The molecule has 88 valence electrons. The molecule has 1 heterocycles. The Hall–Kier alpha value is -2.23. The number of aryl methyl sites for hydroxylation is 1. The first-order valence-electron chi connectivity index (χ1n) is 5.24. The molecule has 0 aliphatic heterocycles. The monoisotopic (exact) mass is 230 g/mol. The van der Waals surface area contributed by atoms with Crippen LogP contribution in [0.5, 0.6) is 5.75 Å². The fraction of sp³-hybridized carbons (Fsp3) is 0.154. The van der Waals surface area contributed by atoms with Gasteiger partial charge in [0.2, 0.25) is 0 Å². The first-order chi connectivity index (χ1) is 8.20. The van der Waals surface area contributed by atoms with E-state index in [-0.39, 0.29) is 0 Å². The average Bonchev–Trinajstić information content (AvgIpc) is 2.68. The van der Waals surface area contributed by atoms with Crippen molar-refractivity contribution < 1.29 is 9.26 Å². The Balaban J connectivity index is 2.17. The number of nitrogen functional groups attached to an aromatic ring is 1. The van der Waals surface area contributed by atoms with Crippen molar-refractivity contribution in [2.45, 2.75) is 6.92 Å². The lowest BCUT2D eigenvalue weighted by Crippen LogP contribution is -1.87. The Labute approximate surface area is 99.7 Å². The van der Waals surface area contributed by atoms with E-state index in [9.17, 15) is 0 Å². The molecule has 0 amide bonds. The fourth-order valence-electron chi connectivity index (χ4n) is 1.41. The molecule has 0 bridgehead atoms. The van der Waals surface area contributed by atoms with Crippen molar-refractivity contribution in [2.24, 2.45) is 0 Å². The maximum Gasteiger partial charge on any atom is 0.157 e. The van der Waals surface area contributed by atoms with Crippen LogP contribution in [0.15, 0.2) is 28.8 Å². The molecule has 0 saturated heterocycles. The molecule has 1 aromatic carbocycles. The van der Waals surface area contributed by atoms with Crippen molar-refractivity contribution in [3.63, 3.8) is 0 Å². The van der Waals surface area contributed by atoms with E-state index in [0.717, 1.165) is 11.3 Å². The summed E-state index contributed by atoms with van der Waals surface area (Å²) in [6.45, 7) is 1.78. The van der Waals surface area contributed by atoms with Crippen molar-refractivity contribution in [3.05, 3.63) is 41.3 Å². The number of benzene rings is 1. The molecule has 2 aromatic rings. The molecule has 0 aliphatic carbocycles. The van der Waals surface area contributed by atoms with Gasteiger partial charge in [0.1, 0.15) is 17.1 Å². The number of anilines is 1. The average molecular weight is 230 g/mol. The zero-order valence-corrected chi connectivity index (χ0v) is 9.81. The first-order valence-corrected chi connectivity index (χ1v) is 5.24. The van der Waals surface area contributed by atoms with E-state index >= 15 is 0 Å². The number of hydrogen-bond donors (Lipinski definition) is 1. The SMILES string of the molecule is COc1ccc(C=Cc2noc(C)c2N)cc1. The van der Waals surface area contributed by atoms with Crippen LogP contribution in [0.3, 0.4) is 0 Å². The van der Waals surface area contributed by atoms with Gasteiger partial charge in [-0.25, -0.2) is 0 Å². The highest BCUT2D eigenvalue weighted by Crippen LogP contribution is 2.19. The summed E-state index contributed by atoms with van der Waals surface area (Å²) >= 11 is 0. The van der Waals surface area contributed by atoms with Crippen molar-refractivity contribution in [1.82, 2.24) is 5.16 Å². The lowest BCUT2D eigenvalue weighted by Gasteiger charge is -1.98. The van der Waals surface area contributed by atoms with E-state index < -0.39 is 0 Å². The summed E-state index contributed by atoms with van der Waals surface area (Å²) < 4.78 is 10.1. The molecule has 2 rings (SSSR count). The summed E-state index contributed by atoms with van der Waals surface area (Å²) in [4.78, 5) is 0. The lowest BCUT2D eigenvalue weighted by atomic mass is 10.2. The van der Waals surface area contributed by atoms with Gasteiger partial charge in [-0.15, -0.1) is 0 Å². The maximum atomic E-state index is 5.78. The normalized spacial score (nSPS) is 10.9. The van der Waals surface area contributed by atoms with Crippen LogP contribution in [0.25, 0.3) is 12.2 Å². The molecule has 0 aliphatic rings. The highest BCUT2D eigenvalue weighted by Gasteiger charge is 2.04. The highest BCUT2D eigenvalue weighted by molar-refractivity contribution is 5.74. The largest absolute Gasteiger partial charge is 0.497 e. The Morgan fingerprint density at radius 3 is 2.47 bits per heavy atom. The van der Waals surface area contributed by atoms with Gasteiger partial charge in [0.05, 0.1) is 7.11 Å². The molecular formula is C13H14N2O2. The van der Waals surface area contributed by atoms with Crippen molar-refractivity contribution in [2.75, 3.05) is 12.8 Å². The number of rotatable bonds is 3. The van der Waals surface area contributed by atoms with Crippen LogP contribution in [-0.4, -0.2) is 12.3 Å². The van der Waals surface area contributed by atoms with Crippen LogP contribution >= 0.6 is 0 Å². The van der Waals surface area contributed by atoms with Crippen LogP contribution < -0.4 is 10.5 Å². The van der Waals surface area contributed by atoms with Crippen LogP contribution in [0.4, 0.5) is 5.69 Å². The molecule has 0 atom stereocenters. The Bertz CT molecular complexity index is 527. The van der Waals surface area contributed by atoms with Crippen molar-refractivity contribution >= 4 is 17.8 Å². The maximum absolute atomic E-state index is 5.78. The summed E-state index contributed by atoms with van der Waals surface area (Å²) in [6, 6.07) is 7.71. The molecule has 0 fully saturated rings. The quantitative estimate of drug-likeness (QED) is 0.880. The van der Waals surface area contributed by atoms with E-state index in [1.807, 2.05) is 36.4 Å². The van der Waals surface area contributed by atoms with E-state index in [2.05, 4.69) is 5.16 Å². The van der Waals surface area contributed by atoms with Crippen molar-refractivity contribution in [1.29, 1.82) is 0 Å². The van der Waals surface area contributed by atoms with E-state index in [4.69, 9.17) is 15.0 Å². The third-order valence-corrected chi connectivity index (χ3v) is 2.49. The highest BCUT2D eigenvalue weighted by atomic mass is 16.5. The predicted molar refractivity (Wildman–Crippen MR) is 67.6 cm³/mol. The minimum Gasteiger partial charge on any atom is -0.497 e. The molecule has 0 saturated carbocycles. The van der Waals surface area contributed by atoms with Crippen LogP contribution in [0.1, 0.15) is 17.0 Å². The van der Waals surface area contributed by atoms with Gasteiger partial charge in [-0.05, 0) is 30.7 Å². The molecule has 0 spiro atoms. The third kappa shape index (κ3) is 2.47. The van der Waals surface area contributed by atoms with Crippen LogP contribution in [-0.2, 0) is 0 Å². The van der Waals surface area contributed by atoms with Crippen LogP contribution in [0.2, 0.25) is 0 Å². The minimum absolute atomic E-state index is 0.578. The number of nitrogens with zero attached hydrogens (tertiary/aromatic N) is 1. The number of nitrogens with two attached hydrogens (primary N) is 1. The van der Waals surface area contributed by atoms with Gasteiger partial charge in [-0.3, -0.25) is 0 Å². The zero-order valence-electron chi connectivity index (χ0n) is 9.81. The predicted octanol–water partition coefficient (Wildman–Crippen LogP) is 2.74. The van der Waals surface area contributed by atoms with Gasteiger partial charge in [0.25, 0.3) is 0 Å². The van der Waals surface area contributed by atoms with E-state index in [1.54, 1.807) is 14.0 Å². The Morgan fingerprint density at radius 1 is 1.24 bits per heavy atom. The van der Waals surface area contributed by atoms with Gasteiger partial charge >= 0.3 is 0 Å². The molecule has 4 heteroatoms. The van der Waals surface area contributed by atoms with Gasteiger partial charge in [-0.1, -0.05) is 23.4 Å². The number of ether oxygens (including phenoxy) is 1. The topological polar surface area (TPSA) is 61.3 Å². The number of methoxy groups -OCH3 is 1. The van der Waals surface area contributed by atoms with Gasteiger partial charge in [-0.2, -0.15) is 0 Å². The fourth-order valence-corrected chi connectivity index (χ4v) is 1.41. The summed E-state index contributed by atoms with van der Waals surface area (Å²) in [5, 5.41) is 3.85. The van der Waals surface area contributed by atoms with E-state index in [1.165, 1.54) is 0 Å². The summed E-state index contributed by atoms with van der Waals surface area (Å²) in [7, 11) is 1.64. The first kappa shape index (κ1) is 11.3. The smallest absolute Gasteiger partial charge is 0.157 e. The zero-order chi connectivity index (χ0) is 12.3. The Morgan fingerprint density at radius 2 is 1.94 bits per heavy atom. The summed E-state index contributed by atoms with van der Waals surface area (Å²) in [6.07, 6.45) is 3.75.